The Balaban J connectivity index is 1.95. The van der Waals surface area contributed by atoms with Gasteiger partial charge >= 0.3 is 0 Å². The number of aromatic nitrogens is 3. The van der Waals surface area contributed by atoms with E-state index in [1.54, 1.807) is 12.4 Å². The highest BCUT2D eigenvalue weighted by molar-refractivity contribution is 5.82. The van der Waals surface area contributed by atoms with Crippen LogP contribution in [0.2, 0.25) is 0 Å². The highest BCUT2D eigenvalue weighted by Gasteiger charge is 2.11. The summed E-state index contributed by atoms with van der Waals surface area (Å²) in [6.45, 7) is 4.31. The second-order valence-corrected chi connectivity index (χ2v) is 5.01. The molecule has 0 aliphatic carbocycles. The van der Waals surface area contributed by atoms with Gasteiger partial charge in [-0.1, -0.05) is 13.8 Å². The Bertz CT molecular complexity index is 544. The van der Waals surface area contributed by atoms with Gasteiger partial charge in [0, 0.05) is 25.0 Å². The van der Waals surface area contributed by atoms with Crippen LogP contribution in [0.4, 0.5) is 0 Å². The first kappa shape index (κ1) is 14.4. The molecule has 0 amide bonds. The Hall–Kier alpha value is -1.97. The fourth-order valence-electron chi connectivity index (χ4n) is 2.33. The third-order valence-corrected chi connectivity index (χ3v) is 3.51. The third kappa shape index (κ3) is 3.76. The molecule has 0 aliphatic rings. The van der Waals surface area contributed by atoms with E-state index in [-0.39, 0.29) is 5.78 Å². The molecule has 0 fully saturated rings. The first-order valence-electron chi connectivity index (χ1n) is 7.17. The predicted molar refractivity (Wildman–Crippen MR) is 78.5 cm³/mol. The summed E-state index contributed by atoms with van der Waals surface area (Å²) in [6.07, 6.45) is 8.36. The molecule has 0 aliphatic heterocycles. The van der Waals surface area contributed by atoms with Crippen molar-refractivity contribution in [2.75, 3.05) is 0 Å². The molecule has 0 aromatic carbocycles. The van der Waals surface area contributed by atoms with Crippen LogP contribution in [-0.4, -0.2) is 20.5 Å². The van der Waals surface area contributed by atoms with Crippen molar-refractivity contribution in [2.24, 2.45) is 0 Å². The van der Waals surface area contributed by atoms with Crippen LogP contribution in [0.15, 0.2) is 36.8 Å². The molecule has 20 heavy (non-hydrogen) atoms. The molecule has 106 valence electrons. The normalized spacial score (nSPS) is 10.9. The highest BCUT2D eigenvalue weighted by Crippen LogP contribution is 2.15. The van der Waals surface area contributed by atoms with Crippen LogP contribution in [0.1, 0.15) is 44.0 Å². The average Bonchev–Trinajstić information content (AvgIpc) is 2.89. The number of carbonyl (C=O) groups is 1. The number of carbonyl (C=O) groups excluding carboxylic acids is 1. The molecule has 0 bridgehead atoms. The largest absolute Gasteiger partial charge is 0.299 e. The van der Waals surface area contributed by atoms with E-state index < -0.39 is 0 Å². The summed E-state index contributed by atoms with van der Waals surface area (Å²) in [4.78, 5) is 16.0. The minimum absolute atomic E-state index is 0.186. The van der Waals surface area contributed by atoms with E-state index in [4.69, 9.17) is 0 Å². The molecule has 0 radical (unpaired) electrons. The zero-order valence-corrected chi connectivity index (χ0v) is 12.1. The van der Waals surface area contributed by atoms with E-state index in [1.807, 2.05) is 29.1 Å². The van der Waals surface area contributed by atoms with E-state index >= 15 is 0 Å². The van der Waals surface area contributed by atoms with Crippen molar-refractivity contribution in [3.8, 4) is 0 Å². The van der Waals surface area contributed by atoms with Gasteiger partial charge in [-0.3, -0.25) is 14.5 Å². The van der Waals surface area contributed by atoms with Gasteiger partial charge in [-0.25, -0.2) is 0 Å². The minimum atomic E-state index is 0.186. The van der Waals surface area contributed by atoms with Gasteiger partial charge in [0.25, 0.3) is 0 Å². The van der Waals surface area contributed by atoms with Gasteiger partial charge in [-0.15, -0.1) is 0 Å². The molecule has 0 unspecified atom stereocenters. The van der Waals surface area contributed by atoms with Gasteiger partial charge in [-0.05, 0) is 36.6 Å². The van der Waals surface area contributed by atoms with Gasteiger partial charge in [-0.2, -0.15) is 5.10 Å². The van der Waals surface area contributed by atoms with Gasteiger partial charge in [0.2, 0.25) is 0 Å². The van der Waals surface area contributed by atoms with Crippen LogP contribution >= 0.6 is 0 Å². The number of ketones is 1. The van der Waals surface area contributed by atoms with Crippen LogP contribution in [0.3, 0.4) is 0 Å². The lowest BCUT2D eigenvalue weighted by molar-refractivity contribution is -0.117. The lowest BCUT2D eigenvalue weighted by Crippen LogP contribution is -2.10. The molecule has 2 aromatic heterocycles. The van der Waals surface area contributed by atoms with Gasteiger partial charge < -0.3 is 0 Å². The monoisotopic (exact) mass is 271 g/mol. The van der Waals surface area contributed by atoms with E-state index in [0.717, 1.165) is 24.1 Å². The first-order valence-corrected chi connectivity index (χ1v) is 7.17. The Morgan fingerprint density at radius 2 is 1.85 bits per heavy atom. The Kier molecular flexibility index (Phi) is 5.04. The average molecular weight is 271 g/mol. The Morgan fingerprint density at radius 1 is 1.15 bits per heavy atom. The summed E-state index contributed by atoms with van der Waals surface area (Å²) < 4.78 is 1.98. The van der Waals surface area contributed by atoms with E-state index in [2.05, 4.69) is 23.9 Å². The zero-order chi connectivity index (χ0) is 14.4. The molecule has 2 heterocycles. The smallest absolute Gasteiger partial charge is 0.143 e. The van der Waals surface area contributed by atoms with E-state index in [1.165, 1.54) is 0 Å². The second kappa shape index (κ2) is 6.98. The van der Waals surface area contributed by atoms with Crippen LogP contribution in [0.5, 0.6) is 0 Å². The fraction of sp³-hybridized carbons (Fsp3) is 0.438. The first-order chi connectivity index (χ1) is 9.72. The molecular weight excluding hydrogens is 250 g/mol. The highest BCUT2D eigenvalue weighted by atomic mass is 16.1. The summed E-state index contributed by atoms with van der Waals surface area (Å²) in [7, 11) is 0. The van der Waals surface area contributed by atoms with Crippen LogP contribution < -0.4 is 0 Å². The maximum atomic E-state index is 12.0. The molecule has 0 atom stereocenters. The molecular formula is C16H21N3O. The second-order valence-electron chi connectivity index (χ2n) is 5.01. The summed E-state index contributed by atoms with van der Waals surface area (Å²) >= 11 is 0. The molecule has 0 saturated carbocycles. The molecule has 0 spiro atoms. The Labute approximate surface area is 119 Å². The topological polar surface area (TPSA) is 47.8 Å². The maximum absolute atomic E-state index is 12.0. The van der Waals surface area contributed by atoms with Gasteiger partial charge in [0.1, 0.15) is 5.78 Å². The van der Waals surface area contributed by atoms with Crippen molar-refractivity contribution in [2.45, 2.75) is 45.6 Å². The van der Waals surface area contributed by atoms with Gasteiger partial charge in [0.05, 0.1) is 18.2 Å². The number of pyridine rings is 1. The fourth-order valence-corrected chi connectivity index (χ4v) is 2.33. The van der Waals surface area contributed by atoms with E-state index in [9.17, 15) is 4.79 Å². The lowest BCUT2D eigenvalue weighted by atomic mass is 10.1. The third-order valence-electron chi connectivity index (χ3n) is 3.51. The number of nitrogens with zero attached hydrogens (tertiary/aromatic N) is 3. The minimum Gasteiger partial charge on any atom is -0.299 e. The number of hydrogen-bond acceptors (Lipinski definition) is 3. The van der Waals surface area contributed by atoms with Crippen molar-refractivity contribution in [1.29, 1.82) is 0 Å². The van der Waals surface area contributed by atoms with Crippen molar-refractivity contribution < 1.29 is 4.79 Å². The zero-order valence-electron chi connectivity index (χ0n) is 12.1. The number of Topliss-reactive ketones (excluding diaryl/α,β-unsaturated/α-hetero) is 1. The summed E-state index contributed by atoms with van der Waals surface area (Å²) in [5, 5.41) is 4.52. The number of rotatable bonds is 7. The molecule has 0 saturated heterocycles. The number of hydrogen-bond donors (Lipinski definition) is 0. The van der Waals surface area contributed by atoms with Crippen molar-refractivity contribution in [1.82, 2.24) is 14.8 Å². The molecule has 0 N–H and O–H groups in total. The summed E-state index contributed by atoms with van der Waals surface area (Å²) in [5.74, 6) is 0.186. The quantitative estimate of drug-likeness (QED) is 0.777. The maximum Gasteiger partial charge on any atom is 0.143 e. The van der Waals surface area contributed by atoms with Crippen molar-refractivity contribution in [3.63, 3.8) is 0 Å². The molecule has 2 rings (SSSR count). The SMILES string of the molecule is CCC(CC)n1ccc(CC(=O)Cc2ccncc2)n1. The summed E-state index contributed by atoms with van der Waals surface area (Å²) in [5.41, 5.74) is 1.86. The van der Waals surface area contributed by atoms with Crippen LogP contribution in [-0.2, 0) is 17.6 Å². The lowest BCUT2D eigenvalue weighted by Gasteiger charge is -2.12. The van der Waals surface area contributed by atoms with Crippen LogP contribution in [0, 0.1) is 0 Å². The molecule has 2 aromatic rings. The predicted octanol–water partition coefficient (Wildman–Crippen LogP) is 2.99. The van der Waals surface area contributed by atoms with Crippen molar-refractivity contribution >= 4 is 5.78 Å². The molecule has 4 nitrogen and oxygen atoms in total. The standard InChI is InChI=1S/C16H21N3O/c1-3-15(4-2)19-10-7-14(18-19)12-16(20)11-13-5-8-17-9-6-13/h5-10,15H,3-4,11-12H2,1-2H3. The Morgan fingerprint density at radius 3 is 2.50 bits per heavy atom. The van der Waals surface area contributed by atoms with Crippen LogP contribution in [0.25, 0.3) is 0 Å². The van der Waals surface area contributed by atoms with E-state index in [0.29, 0.717) is 18.9 Å². The molecule has 4 heteroatoms. The van der Waals surface area contributed by atoms with Crippen molar-refractivity contribution in [3.05, 3.63) is 48.0 Å². The van der Waals surface area contributed by atoms with Gasteiger partial charge in [0.15, 0.2) is 0 Å². The summed E-state index contributed by atoms with van der Waals surface area (Å²) in [6, 6.07) is 6.13.